The van der Waals surface area contributed by atoms with E-state index in [2.05, 4.69) is 103 Å². The molecule has 2 aliphatic rings. The van der Waals surface area contributed by atoms with Crippen molar-refractivity contribution in [3.8, 4) is 0 Å². The molecule has 0 N–H and O–H groups in total. The molecule has 194 valence electrons. The minimum absolute atomic E-state index is 0.0897. The number of benzene rings is 2. The Labute approximate surface area is 218 Å². The van der Waals surface area contributed by atoms with Crippen LogP contribution >= 0.6 is 0 Å². The lowest BCUT2D eigenvalue weighted by atomic mass is 9.93. The molecule has 0 spiro atoms. The van der Waals surface area contributed by atoms with E-state index in [-0.39, 0.29) is 40.1 Å². The molecule has 2 aromatic carbocycles. The Morgan fingerprint density at radius 3 is 1.81 bits per heavy atom. The quantitative estimate of drug-likeness (QED) is 0.371. The number of esters is 1. The maximum Gasteiger partial charge on any atom is 0.306 e. The number of rotatable bonds is 6. The molecule has 1 aliphatic heterocycles. The molecule has 4 nitrogen and oxygen atoms in total. The Balaban J connectivity index is 1.86. The predicted molar refractivity (Wildman–Crippen MR) is 151 cm³/mol. The average molecular weight is 523 g/mol. The summed E-state index contributed by atoms with van der Waals surface area (Å²) in [5.41, 5.74) is 0. The van der Waals surface area contributed by atoms with E-state index in [0.717, 1.165) is 0 Å². The summed E-state index contributed by atoms with van der Waals surface area (Å²) < 4.78 is 13.3. The molecule has 1 heterocycles. The second-order valence-corrected chi connectivity index (χ2v) is 22.7. The third kappa shape index (κ3) is 4.46. The highest BCUT2D eigenvalue weighted by molar-refractivity contribution is 7.06. The lowest BCUT2D eigenvalue weighted by Gasteiger charge is -2.46. The van der Waals surface area contributed by atoms with E-state index >= 15 is 0 Å². The summed E-state index contributed by atoms with van der Waals surface area (Å²) in [5, 5.41) is 2.46. The molecule has 1 saturated carbocycles. The highest BCUT2D eigenvalue weighted by Gasteiger charge is 2.61. The Bertz CT molecular complexity index is 1060. The normalized spacial score (nSPS) is 24.9. The predicted octanol–water partition coefficient (Wildman–Crippen LogP) is 5.50. The van der Waals surface area contributed by atoms with Crippen LogP contribution in [0, 0.1) is 11.8 Å². The van der Waals surface area contributed by atoms with Gasteiger partial charge in [-0.1, -0.05) is 115 Å². The Morgan fingerprint density at radius 2 is 1.36 bits per heavy atom. The van der Waals surface area contributed by atoms with Gasteiger partial charge in [-0.15, -0.1) is 0 Å². The van der Waals surface area contributed by atoms with Crippen molar-refractivity contribution < 1.29 is 18.8 Å². The van der Waals surface area contributed by atoms with Crippen LogP contribution in [-0.4, -0.2) is 40.0 Å². The SMILES string of the molecule is CC(C)(C)[Si](C)(C)C(=O)[C@@H]1[C@@H]2CC(=O)O[C@@H]2C[C@@H]1O[Si](c1ccccc1)(c1ccccc1)C(C)(C)C. The van der Waals surface area contributed by atoms with Crippen LogP contribution in [-0.2, 0) is 18.8 Å². The molecule has 0 bridgehead atoms. The molecule has 1 saturated heterocycles. The molecular weight excluding hydrogens is 480 g/mol. The summed E-state index contributed by atoms with van der Waals surface area (Å²) in [4.78, 5) is 26.7. The van der Waals surface area contributed by atoms with Crippen LogP contribution in [0.4, 0.5) is 0 Å². The van der Waals surface area contributed by atoms with Gasteiger partial charge in [0.05, 0.1) is 12.5 Å². The molecule has 36 heavy (non-hydrogen) atoms. The zero-order valence-corrected chi connectivity index (χ0v) is 25.1. The third-order valence-corrected chi connectivity index (χ3v) is 19.4. The first-order chi connectivity index (χ1) is 16.7. The summed E-state index contributed by atoms with van der Waals surface area (Å²) in [7, 11) is -5.20. The molecule has 0 aromatic heterocycles. The van der Waals surface area contributed by atoms with Crippen molar-refractivity contribution in [1.29, 1.82) is 0 Å². The highest BCUT2D eigenvalue weighted by atomic mass is 28.4. The van der Waals surface area contributed by atoms with Crippen molar-refractivity contribution in [3.63, 3.8) is 0 Å². The van der Waals surface area contributed by atoms with Gasteiger partial charge in [-0.3, -0.25) is 4.79 Å². The summed E-state index contributed by atoms with van der Waals surface area (Å²) in [6.07, 6.45) is 0.392. The minimum Gasteiger partial charge on any atom is -0.462 e. The largest absolute Gasteiger partial charge is 0.462 e. The summed E-state index contributed by atoms with van der Waals surface area (Å²) in [5.74, 6) is -0.590. The molecule has 6 heteroatoms. The van der Waals surface area contributed by atoms with Crippen molar-refractivity contribution in [3.05, 3.63) is 60.7 Å². The van der Waals surface area contributed by atoms with Gasteiger partial charge in [0.15, 0.2) is 0 Å². The van der Waals surface area contributed by atoms with Crippen LogP contribution in [0.15, 0.2) is 60.7 Å². The smallest absolute Gasteiger partial charge is 0.306 e. The van der Waals surface area contributed by atoms with Crippen molar-refractivity contribution in [1.82, 2.24) is 0 Å². The van der Waals surface area contributed by atoms with Crippen molar-refractivity contribution in [2.24, 2.45) is 11.8 Å². The van der Waals surface area contributed by atoms with Crippen molar-refractivity contribution in [2.45, 2.75) is 89.8 Å². The fourth-order valence-electron chi connectivity index (χ4n) is 6.05. The highest BCUT2D eigenvalue weighted by Crippen LogP contribution is 2.50. The topological polar surface area (TPSA) is 52.6 Å². The molecule has 4 rings (SSSR count). The standard InChI is InChI=1S/C30H42O4Si2/c1-29(2,3)35(7,8)28(32)27-23-19-26(31)33-24(23)20-25(27)34-36(30(4,5)6,21-15-11-9-12-16-21)22-17-13-10-14-18-22/h9-18,23-25,27H,19-20H2,1-8H3/t23-,24-,25+,27-/m1/s1. The van der Waals surface area contributed by atoms with Gasteiger partial charge in [-0.05, 0) is 20.4 Å². The minimum atomic E-state index is -2.85. The van der Waals surface area contributed by atoms with Gasteiger partial charge in [0.2, 0.25) is 0 Å². The second kappa shape index (κ2) is 9.37. The van der Waals surface area contributed by atoms with Crippen LogP contribution in [0.3, 0.4) is 0 Å². The number of carbonyl (C=O) groups is 2. The van der Waals surface area contributed by atoms with E-state index in [4.69, 9.17) is 9.16 Å². The molecule has 2 fully saturated rings. The van der Waals surface area contributed by atoms with Crippen LogP contribution in [0.25, 0.3) is 0 Å². The average Bonchev–Trinajstić information content (AvgIpc) is 3.31. The first kappa shape index (κ1) is 27.0. The zero-order chi connectivity index (χ0) is 26.5. The number of hydrogen-bond acceptors (Lipinski definition) is 4. The Kier molecular flexibility index (Phi) is 7.03. The van der Waals surface area contributed by atoms with Crippen LogP contribution < -0.4 is 10.4 Å². The van der Waals surface area contributed by atoms with Crippen molar-refractivity contribution >= 4 is 38.1 Å². The van der Waals surface area contributed by atoms with E-state index < -0.39 is 16.4 Å². The van der Waals surface area contributed by atoms with Gasteiger partial charge in [-0.25, -0.2) is 0 Å². The van der Waals surface area contributed by atoms with Gasteiger partial charge in [0, 0.05) is 18.3 Å². The lowest BCUT2D eigenvalue weighted by molar-refractivity contribution is -0.141. The summed E-state index contributed by atoms with van der Waals surface area (Å²) >= 11 is 0. The molecule has 0 amide bonds. The van der Waals surface area contributed by atoms with Gasteiger partial charge in [0.25, 0.3) is 8.32 Å². The fourth-order valence-corrected chi connectivity index (χ4v) is 12.7. The lowest BCUT2D eigenvalue weighted by Crippen LogP contribution is -2.68. The van der Waals surface area contributed by atoms with Crippen LogP contribution in [0.1, 0.15) is 54.4 Å². The van der Waals surface area contributed by atoms with Gasteiger partial charge < -0.3 is 14.0 Å². The van der Waals surface area contributed by atoms with Crippen LogP contribution in [0.5, 0.6) is 0 Å². The van der Waals surface area contributed by atoms with Gasteiger partial charge in [-0.2, -0.15) is 0 Å². The summed E-state index contributed by atoms with van der Waals surface area (Å²) in [6.45, 7) is 17.7. The van der Waals surface area contributed by atoms with Crippen LogP contribution in [0.2, 0.25) is 23.2 Å². The van der Waals surface area contributed by atoms with Gasteiger partial charge in [0.1, 0.15) is 19.6 Å². The number of ether oxygens (including phenoxy) is 1. The molecule has 0 radical (unpaired) electrons. The fraction of sp³-hybridized carbons (Fsp3) is 0.533. The van der Waals surface area contributed by atoms with Crippen molar-refractivity contribution in [2.75, 3.05) is 0 Å². The van der Waals surface area contributed by atoms with Gasteiger partial charge >= 0.3 is 5.97 Å². The molecule has 2 aromatic rings. The Morgan fingerprint density at radius 1 is 0.861 bits per heavy atom. The Hall–Kier alpha value is -2.03. The van der Waals surface area contributed by atoms with E-state index in [9.17, 15) is 9.59 Å². The first-order valence-corrected chi connectivity index (χ1v) is 18.1. The number of fused-ring (bicyclic) bond motifs is 1. The molecule has 4 atom stereocenters. The van der Waals surface area contributed by atoms with E-state index in [0.29, 0.717) is 18.2 Å². The maximum absolute atomic E-state index is 14.4. The third-order valence-electron chi connectivity index (χ3n) is 9.03. The second-order valence-electron chi connectivity index (χ2n) is 13.2. The zero-order valence-electron chi connectivity index (χ0n) is 23.1. The monoisotopic (exact) mass is 522 g/mol. The first-order valence-electron chi connectivity index (χ1n) is 13.2. The molecular formula is C30H42O4Si2. The number of carbonyl (C=O) groups excluding carboxylic acids is 2. The molecule has 1 aliphatic carbocycles. The van der Waals surface area contributed by atoms with E-state index in [1.54, 1.807) is 0 Å². The summed E-state index contributed by atoms with van der Waals surface area (Å²) in [6, 6.07) is 21.2. The number of hydrogen-bond donors (Lipinski definition) is 0. The maximum atomic E-state index is 14.4. The van der Waals surface area contributed by atoms with E-state index in [1.165, 1.54) is 10.4 Å². The van der Waals surface area contributed by atoms with E-state index in [1.807, 2.05) is 12.1 Å². The molecule has 0 unspecified atom stereocenters.